The van der Waals surface area contributed by atoms with Crippen molar-refractivity contribution in [2.45, 2.75) is 26.4 Å². The summed E-state index contributed by atoms with van der Waals surface area (Å²) in [4.78, 5) is 12.5. The van der Waals surface area contributed by atoms with E-state index in [1.54, 1.807) is 30.9 Å². The minimum atomic E-state index is -0.970. The summed E-state index contributed by atoms with van der Waals surface area (Å²) in [5.74, 6) is -0.256. The van der Waals surface area contributed by atoms with E-state index in [2.05, 4.69) is 10.4 Å². The fraction of sp³-hybridized carbons (Fsp3) is 0.412. The second-order valence-corrected chi connectivity index (χ2v) is 6.65. The summed E-state index contributed by atoms with van der Waals surface area (Å²) in [6.07, 6.45) is 1.65. The summed E-state index contributed by atoms with van der Waals surface area (Å²) in [6.45, 7) is 5.69. The highest BCUT2D eigenvalue weighted by Crippen LogP contribution is 2.29. The lowest BCUT2D eigenvalue weighted by Crippen LogP contribution is -2.44. The van der Waals surface area contributed by atoms with Gasteiger partial charge in [-0.15, -0.1) is 0 Å². The average Bonchev–Trinajstić information content (AvgIpc) is 2.87. The molecule has 0 saturated carbocycles. The Morgan fingerprint density at radius 1 is 1.43 bits per heavy atom. The first kappa shape index (κ1) is 17.5. The predicted molar refractivity (Wildman–Crippen MR) is 91.4 cm³/mol. The Morgan fingerprint density at radius 3 is 2.70 bits per heavy atom. The highest BCUT2D eigenvalue weighted by molar-refractivity contribution is 6.33. The Balaban J connectivity index is 2.27. The van der Waals surface area contributed by atoms with Gasteiger partial charge in [0.1, 0.15) is 5.69 Å². The van der Waals surface area contributed by atoms with Crippen LogP contribution >= 0.6 is 11.6 Å². The SMILES string of the molecule is CC(C)C(C)(O)CNC(=O)c1cn(C)nc1-c1ccccc1Cl. The molecule has 2 N–H and O–H groups in total. The molecule has 0 aliphatic rings. The normalized spacial score (nSPS) is 13.9. The van der Waals surface area contributed by atoms with E-state index in [9.17, 15) is 9.90 Å². The molecule has 6 heteroatoms. The molecule has 0 spiro atoms. The molecule has 1 aromatic heterocycles. The fourth-order valence-electron chi connectivity index (χ4n) is 2.07. The van der Waals surface area contributed by atoms with Crippen LogP contribution in [0.3, 0.4) is 0 Å². The molecule has 0 aliphatic carbocycles. The van der Waals surface area contributed by atoms with Gasteiger partial charge in [0, 0.05) is 25.4 Å². The number of halogens is 1. The molecule has 5 nitrogen and oxygen atoms in total. The molecule has 1 amide bonds. The van der Waals surface area contributed by atoms with Crippen molar-refractivity contribution >= 4 is 17.5 Å². The molecule has 0 radical (unpaired) electrons. The van der Waals surface area contributed by atoms with Crippen LogP contribution in [0.15, 0.2) is 30.5 Å². The van der Waals surface area contributed by atoms with E-state index < -0.39 is 5.60 Å². The monoisotopic (exact) mass is 335 g/mol. The Kier molecular flexibility index (Phi) is 5.12. The molecule has 1 atom stereocenters. The van der Waals surface area contributed by atoms with Crippen molar-refractivity contribution in [2.24, 2.45) is 13.0 Å². The van der Waals surface area contributed by atoms with Gasteiger partial charge in [0.2, 0.25) is 0 Å². The van der Waals surface area contributed by atoms with E-state index in [-0.39, 0.29) is 18.4 Å². The smallest absolute Gasteiger partial charge is 0.255 e. The second kappa shape index (κ2) is 6.72. The molecular formula is C17H22ClN3O2. The molecule has 0 saturated heterocycles. The van der Waals surface area contributed by atoms with E-state index in [0.717, 1.165) is 0 Å². The minimum Gasteiger partial charge on any atom is -0.388 e. The van der Waals surface area contributed by atoms with Crippen LogP contribution in [0, 0.1) is 5.92 Å². The molecule has 0 aliphatic heterocycles. The Labute approximate surface area is 141 Å². The maximum Gasteiger partial charge on any atom is 0.255 e. The topological polar surface area (TPSA) is 67.2 Å². The Bertz CT molecular complexity index is 708. The summed E-state index contributed by atoms with van der Waals surface area (Å²) in [5, 5.41) is 17.9. The zero-order chi connectivity index (χ0) is 17.2. The van der Waals surface area contributed by atoms with Crippen molar-refractivity contribution in [3.63, 3.8) is 0 Å². The van der Waals surface area contributed by atoms with Crippen LogP contribution < -0.4 is 5.32 Å². The van der Waals surface area contributed by atoms with Gasteiger partial charge < -0.3 is 10.4 Å². The van der Waals surface area contributed by atoms with Gasteiger partial charge in [-0.25, -0.2) is 0 Å². The van der Waals surface area contributed by atoms with Crippen LogP contribution in [-0.4, -0.2) is 32.9 Å². The van der Waals surface area contributed by atoms with Gasteiger partial charge in [0.05, 0.1) is 16.2 Å². The Morgan fingerprint density at radius 2 is 2.09 bits per heavy atom. The minimum absolute atomic E-state index is 0.0275. The maximum absolute atomic E-state index is 12.5. The first-order chi connectivity index (χ1) is 10.7. The fourth-order valence-corrected chi connectivity index (χ4v) is 2.29. The highest BCUT2D eigenvalue weighted by atomic mass is 35.5. The molecule has 23 heavy (non-hydrogen) atoms. The third kappa shape index (κ3) is 3.92. The molecule has 1 unspecified atom stereocenters. The second-order valence-electron chi connectivity index (χ2n) is 6.24. The third-order valence-electron chi connectivity index (χ3n) is 4.05. The number of aromatic nitrogens is 2. The Hall–Kier alpha value is -1.85. The number of nitrogens with zero attached hydrogens (tertiary/aromatic N) is 2. The van der Waals surface area contributed by atoms with Gasteiger partial charge >= 0.3 is 0 Å². The van der Waals surface area contributed by atoms with Crippen LogP contribution in [0.25, 0.3) is 11.3 Å². The molecule has 1 aromatic carbocycles. The van der Waals surface area contributed by atoms with Crippen molar-refractivity contribution in [1.82, 2.24) is 15.1 Å². The van der Waals surface area contributed by atoms with Gasteiger partial charge in [0.25, 0.3) is 5.91 Å². The summed E-state index contributed by atoms with van der Waals surface area (Å²) >= 11 is 6.21. The first-order valence-electron chi connectivity index (χ1n) is 7.51. The first-order valence-corrected chi connectivity index (χ1v) is 7.89. The van der Waals surface area contributed by atoms with Crippen LogP contribution in [0.4, 0.5) is 0 Å². The lowest BCUT2D eigenvalue weighted by molar-refractivity contribution is 0.0142. The summed E-state index contributed by atoms with van der Waals surface area (Å²) < 4.78 is 1.58. The number of hydrogen-bond acceptors (Lipinski definition) is 3. The molecule has 2 aromatic rings. The number of aryl methyl sites for hydroxylation is 1. The van der Waals surface area contributed by atoms with Gasteiger partial charge in [0.15, 0.2) is 0 Å². The number of rotatable bonds is 5. The quantitative estimate of drug-likeness (QED) is 0.883. The van der Waals surface area contributed by atoms with E-state index in [0.29, 0.717) is 21.8 Å². The molecule has 2 rings (SSSR count). The summed E-state index contributed by atoms with van der Waals surface area (Å²) in [6, 6.07) is 7.26. The number of carbonyl (C=O) groups excluding carboxylic acids is 1. The average molecular weight is 336 g/mol. The lowest BCUT2D eigenvalue weighted by atomic mass is 9.92. The summed E-state index contributed by atoms with van der Waals surface area (Å²) in [5.41, 5.74) is 0.693. The maximum atomic E-state index is 12.5. The van der Waals surface area contributed by atoms with Gasteiger partial charge in [-0.1, -0.05) is 43.6 Å². The van der Waals surface area contributed by atoms with E-state index in [1.165, 1.54) is 0 Å². The molecular weight excluding hydrogens is 314 g/mol. The number of hydrogen-bond donors (Lipinski definition) is 2. The van der Waals surface area contributed by atoms with E-state index in [4.69, 9.17) is 11.6 Å². The van der Waals surface area contributed by atoms with Crippen LogP contribution in [0.1, 0.15) is 31.1 Å². The molecule has 124 valence electrons. The standard InChI is InChI=1S/C17H22ClN3O2/c1-11(2)17(3,23)10-19-16(22)13-9-21(4)20-15(13)12-7-5-6-8-14(12)18/h5-9,11,23H,10H2,1-4H3,(H,19,22). The van der Waals surface area contributed by atoms with Crippen molar-refractivity contribution in [3.8, 4) is 11.3 Å². The van der Waals surface area contributed by atoms with E-state index >= 15 is 0 Å². The number of carbonyl (C=O) groups is 1. The van der Waals surface area contributed by atoms with Crippen LogP contribution in [-0.2, 0) is 7.05 Å². The summed E-state index contributed by atoms with van der Waals surface area (Å²) in [7, 11) is 1.75. The largest absolute Gasteiger partial charge is 0.388 e. The van der Waals surface area contributed by atoms with Crippen LogP contribution in [0.5, 0.6) is 0 Å². The zero-order valence-electron chi connectivity index (χ0n) is 13.8. The zero-order valence-corrected chi connectivity index (χ0v) is 14.6. The number of benzene rings is 1. The van der Waals surface area contributed by atoms with Crippen molar-refractivity contribution in [1.29, 1.82) is 0 Å². The van der Waals surface area contributed by atoms with Crippen molar-refractivity contribution in [2.75, 3.05) is 6.54 Å². The van der Waals surface area contributed by atoms with Gasteiger partial charge in [-0.05, 0) is 18.9 Å². The van der Waals surface area contributed by atoms with Crippen molar-refractivity contribution in [3.05, 3.63) is 41.0 Å². The number of nitrogens with one attached hydrogen (secondary N) is 1. The molecule has 0 bridgehead atoms. The number of amides is 1. The van der Waals surface area contributed by atoms with Crippen LogP contribution in [0.2, 0.25) is 5.02 Å². The highest BCUT2D eigenvalue weighted by Gasteiger charge is 2.27. The molecule has 1 heterocycles. The van der Waals surface area contributed by atoms with Gasteiger partial charge in [-0.3, -0.25) is 9.48 Å². The van der Waals surface area contributed by atoms with Crippen molar-refractivity contribution < 1.29 is 9.90 Å². The van der Waals surface area contributed by atoms with E-state index in [1.807, 2.05) is 32.0 Å². The lowest BCUT2D eigenvalue weighted by Gasteiger charge is -2.27. The van der Waals surface area contributed by atoms with Gasteiger partial charge in [-0.2, -0.15) is 5.10 Å². The molecule has 0 fully saturated rings. The third-order valence-corrected chi connectivity index (χ3v) is 4.38. The predicted octanol–water partition coefficient (Wildman–Crippen LogP) is 2.88. The number of aliphatic hydroxyl groups is 1.